The Labute approximate surface area is 113 Å². The number of nitro benzene ring substituents is 1. The van der Waals surface area contributed by atoms with Gasteiger partial charge < -0.3 is 4.42 Å². The van der Waals surface area contributed by atoms with E-state index in [1.54, 1.807) is 31.2 Å². The maximum Gasteiger partial charge on any atom is 0.273 e. The molecule has 0 aliphatic rings. The number of hydrogen-bond acceptors (Lipinski definition) is 5. The molecule has 0 bridgehead atoms. The normalized spacial score (nSPS) is 10.8. The topological polar surface area (TPSA) is 99.4 Å². The summed E-state index contributed by atoms with van der Waals surface area (Å²) in [5, 5.41) is 21.1. The molecular weight excluding hydrogens is 264 g/mol. The number of benzene rings is 1. The zero-order valence-corrected chi connectivity index (χ0v) is 10.5. The Kier molecular flexibility index (Phi) is 3.60. The molecule has 7 heteroatoms. The minimum absolute atomic E-state index is 0.00119. The standard InChI is InChI=1S/C13H10N2O5/c1-9-11(3-2-4-12(9)15(18)19)13-6-5-10(20-13)7-8-14(16)17/h2-8H,1H3/b8-7-. The zero-order chi connectivity index (χ0) is 14.7. The van der Waals surface area contributed by atoms with Crippen molar-refractivity contribution >= 4 is 11.8 Å². The van der Waals surface area contributed by atoms with Gasteiger partial charge in [0.25, 0.3) is 5.69 Å². The Morgan fingerprint density at radius 3 is 2.55 bits per heavy atom. The van der Waals surface area contributed by atoms with Crippen LogP contribution in [0, 0.1) is 27.2 Å². The van der Waals surface area contributed by atoms with Crippen molar-refractivity contribution in [3.8, 4) is 11.3 Å². The van der Waals surface area contributed by atoms with E-state index in [9.17, 15) is 20.2 Å². The highest BCUT2D eigenvalue weighted by Gasteiger charge is 2.16. The highest BCUT2D eigenvalue weighted by molar-refractivity contribution is 5.68. The molecule has 0 amide bonds. The molecule has 0 unspecified atom stereocenters. The first-order valence-electron chi connectivity index (χ1n) is 5.65. The average Bonchev–Trinajstić information content (AvgIpc) is 2.85. The number of furan rings is 1. The average molecular weight is 274 g/mol. The van der Waals surface area contributed by atoms with Crippen LogP contribution in [0.3, 0.4) is 0 Å². The molecule has 1 heterocycles. The maximum atomic E-state index is 10.9. The van der Waals surface area contributed by atoms with E-state index in [0.29, 0.717) is 22.6 Å². The molecule has 0 atom stereocenters. The monoisotopic (exact) mass is 274 g/mol. The first kappa shape index (κ1) is 13.5. The highest BCUT2D eigenvalue weighted by Crippen LogP contribution is 2.31. The third-order valence-corrected chi connectivity index (χ3v) is 2.75. The lowest BCUT2D eigenvalue weighted by atomic mass is 10.1. The van der Waals surface area contributed by atoms with E-state index in [1.165, 1.54) is 12.1 Å². The number of nitro groups is 2. The summed E-state index contributed by atoms with van der Waals surface area (Å²) in [6, 6.07) is 7.85. The Balaban J connectivity index is 2.40. The van der Waals surface area contributed by atoms with Crippen LogP contribution in [0.25, 0.3) is 17.4 Å². The van der Waals surface area contributed by atoms with Crippen LogP contribution in [0.15, 0.2) is 40.9 Å². The highest BCUT2D eigenvalue weighted by atomic mass is 16.6. The number of rotatable bonds is 4. The van der Waals surface area contributed by atoms with Gasteiger partial charge in [-0.15, -0.1) is 0 Å². The second-order valence-electron chi connectivity index (χ2n) is 4.01. The molecule has 1 aromatic heterocycles. The van der Waals surface area contributed by atoms with Gasteiger partial charge >= 0.3 is 0 Å². The van der Waals surface area contributed by atoms with Crippen molar-refractivity contribution in [2.24, 2.45) is 0 Å². The Morgan fingerprint density at radius 2 is 1.90 bits per heavy atom. The van der Waals surface area contributed by atoms with Crippen LogP contribution in [0.1, 0.15) is 11.3 Å². The summed E-state index contributed by atoms with van der Waals surface area (Å²) in [5.41, 5.74) is 1.07. The summed E-state index contributed by atoms with van der Waals surface area (Å²) in [6.07, 6.45) is 1.99. The van der Waals surface area contributed by atoms with Crippen LogP contribution in [-0.4, -0.2) is 9.85 Å². The number of hydrogen-bond donors (Lipinski definition) is 0. The number of nitrogens with zero attached hydrogens (tertiary/aromatic N) is 2. The van der Waals surface area contributed by atoms with Gasteiger partial charge in [-0.25, -0.2) is 0 Å². The quantitative estimate of drug-likeness (QED) is 0.628. The molecule has 0 aliphatic heterocycles. The van der Waals surface area contributed by atoms with Crippen molar-refractivity contribution < 1.29 is 14.3 Å². The van der Waals surface area contributed by atoms with Crippen LogP contribution in [0.4, 0.5) is 5.69 Å². The molecule has 0 radical (unpaired) electrons. The van der Waals surface area contributed by atoms with E-state index in [2.05, 4.69) is 0 Å². The van der Waals surface area contributed by atoms with Crippen molar-refractivity contribution in [2.45, 2.75) is 6.92 Å². The van der Waals surface area contributed by atoms with Crippen molar-refractivity contribution in [3.63, 3.8) is 0 Å². The fraction of sp³-hybridized carbons (Fsp3) is 0.0769. The van der Waals surface area contributed by atoms with E-state index >= 15 is 0 Å². The molecule has 1 aromatic carbocycles. The first-order chi connectivity index (χ1) is 9.49. The van der Waals surface area contributed by atoms with Gasteiger partial charge in [0.15, 0.2) is 0 Å². The van der Waals surface area contributed by atoms with Gasteiger partial charge in [0.05, 0.1) is 15.9 Å². The van der Waals surface area contributed by atoms with Gasteiger partial charge in [0.1, 0.15) is 11.5 Å². The van der Waals surface area contributed by atoms with Crippen LogP contribution < -0.4 is 0 Å². The molecular formula is C13H10N2O5. The van der Waals surface area contributed by atoms with Crippen molar-refractivity contribution in [1.29, 1.82) is 0 Å². The fourth-order valence-electron chi connectivity index (χ4n) is 1.81. The second-order valence-corrected chi connectivity index (χ2v) is 4.01. The van der Waals surface area contributed by atoms with Crippen molar-refractivity contribution in [1.82, 2.24) is 0 Å². The van der Waals surface area contributed by atoms with Crippen LogP contribution in [0.2, 0.25) is 0 Å². The van der Waals surface area contributed by atoms with Crippen LogP contribution in [0.5, 0.6) is 0 Å². The maximum absolute atomic E-state index is 10.9. The summed E-state index contributed by atoms with van der Waals surface area (Å²) < 4.78 is 5.42. The molecule has 0 aliphatic carbocycles. The van der Waals surface area contributed by atoms with Crippen molar-refractivity contribution in [3.05, 3.63) is 68.1 Å². The molecule has 0 saturated heterocycles. The Morgan fingerprint density at radius 1 is 1.15 bits per heavy atom. The molecule has 0 spiro atoms. The smallest absolute Gasteiger partial charge is 0.273 e. The predicted molar refractivity (Wildman–Crippen MR) is 71.6 cm³/mol. The molecule has 102 valence electrons. The summed E-state index contributed by atoms with van der Waals surface area (Å²) in [5.74, 6) is 0.733. The van der Waals surface area contributed by atoms with Gasteiger partial charge in [0, 0.05) is 17.2 Å². The lowest BCUT2D eigenvalue weighted by Crippen LogP contribution is -1.93. The molecule has 20 heavy (non-hydrogen) atoms. The van der Waals surface area contributed by atoms with E-state index in [0.717, 1.165) is 6.20 Å². The first-order valence-corrected chi connectivity index (χ1v) is 5.65. The molecule has 2 rings (SSSR count). The van der Waals surface area contributed by atoms with Gasteiger partial charge in [-0.05, 0) is 19.1 Å². The van der Waals surface area contributed by atoms with E-state index in [-0.39, 0.29) is 5.69 Å². The zero-order valence-electron chi connectivity index (χ0n) is 10.5. The summed E-state index contributed by atoms with van der Waals surface area (Å²) in [7, 11) is 0. The summed E-state index contributed by atoms with van der Waals surface area (Å²) in [4.78, 5) is 20.0. The summed E-state index contributed by atoms with van der Waals surface area (Å²) >= 11 is 0. The largest absolute Gasteiger partial charge is 0.456 e. The van der Waals surface area contributed by atoms with Crippen molar-refractivity contribution in [2.75, 3.05) is 0 Å². The Bertz CT molecular complexity index is 703. The molecule has 0 fully saturated rings. The summed E-state index contributed by atoms with van der Waals surface area (Å²) in [6.45, 7) is 1.63. The molecule has 7 nitrogen and oxygen atoms in total. The SMILES string of the molecule is Cc1c(-c2ccc(/C=C\[N+](=O)[O-])o2)cccc1[N+](=O)[O-]. The third-order valence-electron chi connectivity index (χ3n) is 2.75. The molecule has 0 N–H and O–H groups in total. The van der Waals surface area contributed by atoms with E-state index in [4.69, 9.17) is 4.42 Å². The second kappa shape index (κ2) is 5.35. The van der Waals surface area contributed by atoms with Gasteiger partial charge in [-0.2, -0.15) is 0 Å². The predicted octanol–water partition coefficient (Wildman–Crippen LogP) is 3.41. The lowest BCUT2D eigenvalue weighted by molar-refractivity contribution is -0.401. The molecule has 2 aromatic rings. The van der Waals surface area contributed by atoms with Gasteiger partial charge in [0.2, 0.25) is 6.20 Å². The lowest BCUT2D eigenvalue weighted by Gasteiger charge is -2.02. The third kappa shape index (κ3) is 2.72. The van der Waals surface area contributed by atoms with Gasteiger partial charge in [-0.3, -0.25) is 20.2 Å². The van der Waals surface area contributed by atoms with E-state index < -0.39 is 9.85 Å². The minimum Gasteiger partial charge on any atom is -0.456 e. The van der Waals surface area contributed by atoms with Crippen LogP contribution in [-0.2, 0) is 0 Å². The van der Waals surface area contributed by atoms with Crippen LogP contribution >= 0.6 is 0 Å². The molecule has 0 saturated carbocycles. The minimum atomic E-state index is -0.596. The fourth-order valence-corrected chi connectivity index (χ4v) is 1.81. The van der Waals surface area contributed by atoms with Gasteiger partial charge in [-0.1, -0.05) is 12.1 Å². The Hall–Kier alpha value is -2.96. The van der Waals surface area contributed by atoms with E-state index in [1.807, 2.05) is 0 Å².